The van der Waals surface area contributed by atoms with Gasteiger partial charge in [-0.05, 0) is 24.3 Å². The van der Waals surface area contributed by atoms with E-state index < -0.39 is 5.82 Å². The summed E-state index contributed by atoms with van der Waals surface area (Å²) in [5.74, 6) is 1.11. The first-order chi connectivity index (χ1) is 14.7. The lowest BCUT2D eigenvalue weighted by Crippen LogP contribution is -2.43. The minimum Gasteiger partial charge on any atom is -0.496 e. The summed E-state index contributed by atoms with van der Waals surface area (Å²) in [6, 6.07) is 8.60. The van der Waals surface area contributed by atoms with Gasteiger partial charge < -0.3 is 15.0 Å². The van der Waals surface area contributed by atoms with Crippen LogP contribution >= 0.6 is 0 Å². The highest BCUT2D eigenvalue weighted by atomic mass is 19.1. The predicted molar refractivity (Wildman–Crippen MR) is 112 cm³/mol. The molecule has 0 radical (unpaired) electrons. The van der Waals surface area contributed by atoms with E-state index in [0.29, 0.717) is 22.5 Å². The van der Waals surface area contributed by atoms with Gasteiger partial charge in [0.25, 0.3) is 0 Å². The van der Waals surface area contributed by atoms with E-state index in [-0.39, 0.29) is 11.4 Å². The fourth-order valence-corrected chi connectivity index (χ4v) is 3.63. The average Bonchev–Trinajstić information content (AvgIpc) is 3.23. The number of aromatic amines is 1. The number of rotatable bonds is 4. The number of ether oxygens (including phenoxy) is 1. The van der Waals surface area contributed by atoms with Gasteiger partial charge in [0, 0.05) is 37.9 Å². The Morgan fingerprint density at radius 2 is 1.93 bits per heavy atom. The Bertz CT molecular complexity index is 1190. The van der Waals surface area contributed by atoms with Crippen molar-refractivity contribution >= 4 is 16.9 Å². The van der Waals surface area contributed by atoms with Crippen molar-refractivity contribution in [2.45, 2.75) is 0 Å². The van der Waals surface area contributed by atoms with Crippen LogP contribution in [0.2, 0.25) is 0 Å². The first-order valence-corrected chi connectivity index (χ1v) is 9.70. The van der Waals surface area contributed by atoms with Crippen molar-refractivity contribution < 1.29 is 9.13 Å². The number of H-pyrrole nitrogens is 1. The molecular formula is C21H20FN7O. The second kappa shape index (κ2) is 7.68. The minimum absolute atomic E-state index is 0.223. The minimum atomic E-state index is -0.444. The van der Waals surface area contributed by atoms with Crippen molar-refractivity contribution in [3.63, 3.8) is 0 Å². The molecule has 1 aliphatic rings. The molecule has 1 aliphatic heterocycles. The summed E-state index contributed by atoms with van der Waals surface area (Å²) in [5, 5.41) is 10.7. The molecule has 1 aromatic carbocycles. The molecule has 1 fully saturated rings. The molecule has 1 saturated heterocycles. The Balaban J connectivity index is 1.54. The molecular weight excluding hydrogens is 385 g/mol. The van der Waals surface area contributed by atoms with Crippen LogP contribution in [0.1, 0.15) is 0 Å². The van der Waals surface area contributed by atoms with Gasteiger partial charge in [-0.25, -0.2) is 19.3 Å². The summed E-state index contributed by atoms with van der Waals surface area (Å²) < 4.78 is 19.8. The summed E-state index contributed by atoms with van der Waals surface area (Å²) in [6.07, 6.45) is 3.39. The average molecular weight is 405 g/mol. The van der Waals surface area contributed by atoms with Gasteiger partial charge in [0.2, 0.25) is 0 Å². The van der Waals surface area contributed by atoms with Crippen LogP contribution in [-0.2, 0) is 0 Å². The summed E-state index contributed by atoms with van der Waals surface area (Å²) in [5.41, 5.74) is 2.95. The van der Waals surface area contributed by atoms with Crippen LogP contribution in [0.3, 0.4) is 0 Å². The SMILES string of the molecule is COc1cccc(F)c1-c1ncc2[nH]nc(-c3ccc(N4CCNCC4)nc3)c2n1. The number of aromatic nitrogens is 5. The standard InChI is InChI=1S/C21H20FN7O/c1-30-16-4-2-3-14(22)18(16)21-25-12-15-20(26-21)19(28-27-15)13-5-6-17(24-11-13)29-9-7-23-8-10-29/h2-6,11-12,23H,7-10H2,1H3,(H,27,28). The molecule has 0 aliphatic carbocycles. The predicted octanol–water partition coefficient (Wildman–Crippen LogP) is 2.64. The molecule has 5 rings (SSSR count). The van der Waals surface area contributed by atoms with Crippen LogP contribution in [0.15, 0.2) is 42.7 Å². The third-order valence-corrected chi connectivity index (χ3v) is 5.18. The molecule has 0 spiro atoms. The van der Waals surface area contributed by atoms with E-state index in [1.165, 1.54) is 13.2 Å². The molecule has 0 bridgehead atoms. The molecule has 0 unspecified atom stereocenters. The zero-order valence-electron chi connectivity index (χ0n) is 16.4. The summed E-state index contributed by atoms with van der Waals surface area (Å²) in [4.78, 5) is 15.7. The maximum Gasteiger partial charge on any atom is 0.166 e. The maximum absolute atomic E-state index is 14.5. The van der Waals surface area contributed by atoms with E-state index >= 15 is 0 Å². The molecule has 152 valence electrons. The fourth-order valence-electron chi connectivity index (χ4n) is 3.63. The monoisotopic (exact) mass is 405 g/mol. The van der Waals surface area contributed by atoms with Gasteiger partial charge >= 0.3 is 0 Å². The first-order valence-electron chi connectivity index (χ1n) is 9.70. The summed E-state index contributed by atoms with van der Waals surface area (Å²) in [7, 11) is 1.49. The normalized spacial score (nSPS) is 14.3. The van der Waals surface area contributed by atoms with Gasteiger partial charge in [-0.2, -0.15) is 5.10 Å². The van der Waals surface area contributed by atoms with Crippen molar-refractivity contribution in [1.82, 2.24) is 30.5 Å². The van der Waals surface area contributed by atoms with E-state index in [1.807, 2.05) is 12.1 Å². The lowest BCUT2D eigenvalue weighted by molar-refractivity contribution is 0.413. The second-order valence-electron chi connectivity index (χ2n) is 6.99. The van der Waals surface area contributed by atoms with Gasteiger partial charge in [0.05, 0.1) is 18.9 Å². The van der Waals surface area contributed by atoms with E-state index in [4.69, 9.17) is 4.74 Å². The van der Waals surface area contributed by atoms with Gasteiger partial charge in [-0.1, -0.05) is 6.07 Å². The second-order valence-corrected chi connectivity index (χ2v) is 6.99. The quantitative estimate of drug-likeness (QED) is 0.539. The van der Waals surface area contributed by atoms with E-state index in [0.717, 1.165) is 37.6 Å². The third-order valence-electron chi connectivity index (χ3n) is 5.18. The first kappa shape index (κ1) is 18.4. The molecule has 0 saturated carbocycles. The number of nitrogens with one attached hydrogen (secondary N) is 2. The molecule has 8 nitrogen and oxygen atoms in total. The largest absolute Gasteiger partial charge is 0.496 e. The number of hydrogen-bond acceptors (Lipinski definition) is 7. The Morgan fingerprint density at radius 1 is 1.07 bits per heavy atom. The number of nitrogens with zero attached hydrogens (tertiary/aromatic N) is 5. The number of hydrogen-bond donors (Lipinski definition) is 2. The lowest BCUT2D eigenvalue weighted by Gasteiger charge is -2.28. The van der Waals surface area contributed by atoms with E-state index in [9.17, 15) is 4.39 Å². The number of anilines is 1. The van der Waals surface area contributed by atoms with Crippen LogP contribution in [0.4, 0.5) is 10.2 Å². The van der Waals surface area contributed by atoms with Crippen molar-refractivity contribution in [3.05, 3.63) is 48.5 Å². The van der Waals surface area contributed by atoms with Gasteiger partial charge in [0.15, 0.2) is 5.82 Å². The molecule has 0 amide bonds. The number of halogens is 1. The Hall–Kier alpha value is -3.59. The van der Waals surface area contributed by atoms with E-state index in [1.54, 1.807) is 24.5 Å². The molecule has 9 heteroatoms. The van der Waals surface area contributed by atoms with Crippen molar-refractivity contribution in [3.8, 4) is 28.4 Å². The Labute approximate surface area is 172 Å². The smallest absolute Gasteiger partial charge is 0.166 e. The Kier molecular flexibility index (Phi) is 4.72. The van der Waals surface area contributed by atoms with Crippen molar-refractivity contribution in [1.29, 1.82) is 0 Å². The highest BCUT2D eigenvalue weighted by Crippen LogP contribution is 2.32. The maximum atomic E-state index is 14.5. The van der Waals surface area contributed by atoms with Gasteiger partial charge in [-0.3, -0.25) is 5.10 Å². The number of fused-ring (bicyclic) bond motifs is 1. The number of pyridine rings is 1. The Morgan fingerprint density at radius 3 is 2.70 bits per heavy atom. The van der Waals surface area contributed by atoms with Crippen LogP contribution in [0.5, 0.6) is 5.75 Å². The topological polar surface area (TPSA) is 91.8 Å². The summed E-state index contributed by atoms with van der Waals surface area (Å²) in [6.45, 7) is 3.76. The number of piperazine rings is 1. The van der Waals surface area contributed by atoms with Crippen LogP contribution in [0.25, 0.3) is 33.7 Å². The lowest BCUT2D eigenvalue weighted by atomic mass is 10.1. The van der Waals surface area contributed by atoms with Gasteiger partial charge in [0.1, 0.15) is 34.1 Å². The molecule has 4 heterocycles. The zero-order chi connectivity index (χ0) is 20.5. The fraction of sp³-hybridized carbons (Fsp3) is 0.238. The zero-order valence-corrected chi connectivity index (χ0v) is 16.4. The van der Waals surface area contributed by atoms with E-state index in [2.05, 4.69) is 35.4 Å². The van der Waals surface area contributed by atoms with Crippen LogP contribution < -0.4 is 15.0 Å². The van der Waals surface area contributed by atoms with Crippen molar-refractivity contribution in [2.24, 2.45) is 0 Å². The van der Waals surface area contributed by atoms with Crippen LogP contribution in [-0.4, -0.2) is 58.4 Å². The molecule has 3 aromatic heterocycles. The molecule has 4 aromatic rings. The summed E-state index contributed by atoms with van der Waals surface area (Å²) >= 11 is 0. The molecule has 30 heavy (non-hydrogen) atoms. The molecule has 2 N–H and O–H groups in total. The highest BCUT2D eigenvalue weighted by molar-refractivity contribution is 5.90. The third kappa shape index (κ3) is 3.22. The van der Waals surface area contributed by atoms with Crippen LogP contribution in [0, 0.1) is 5.82 Å². The van der Waals surface area contributed by atoms with Gasteiger partial charge in [-0.15, -0.1) is 0 Å². The highest BCUT2D eigenvalue weighted by Gasteiger charge is 2.18. The molecule has 0 atom stereocenters. The van der Waals surface area contributed by atoms with Crippen molar-refractivity contribution in [2.75, 3.05) is 38.2 Å². The number of benzene rings is 1. The number of methoxy groups -OCH3 is 1.